The fourth-order valence-electron chi connectivity index (χ4n) is 1.28. The van der Waals surface area contributed by atoms with Crippen molar-refractivity contribution >= 4 is 0 Å². The van der Waals surface area contributed by atoms with Crippen molar-refractivity contribution in [2.75, 3.05) is 6.61 Å². The smallest absolute Gasteiger partial charge is 0.181 e. The van der Waals surface area contributed by atoms with Crippen LogP contribution < -0.4 is 0 Å². The largest absolute Gasteiger partial charge is 0.394 e. The Balaban J connectivity index is 2.82. The quantitative estimate of drug-likeness (QED) is 0.237. The Labute approximate surface area is 79.0 Å². The van der Waals surface area contributed by atoms with Gasteiger partial charge in [0.1, 0.15) is 12.2 Å². The Hall–Kier alpha value is -0.890. The summed E-state index contributed by atoms with van der Waals surface area (Å²) >= 11 is 0. The summed E-state index contributed by atoms with van der Waals surface area (Å²) in [5, 5.41) is 39.7. The van der Waals surface area contributed by atoms with Crippen molar-refractivity contribution in [1.29, 1.82) is 0 Å². The summed E-state index contributed by atoms with van der Waals surface area (Å²) in [7, 11) is 0. The molecule has 0 aromatic heterocycles. The Morgan fingerprint density at radius 3 is 2.43 bits per heavy atom. The molecule has 4 N–H and O–H groups in total. The molecule has 0 spiro atoms. The van der Waals surface area contributed by atoms with Crippen LogP contribution in [0.5, 0.6) is 0 Å². The molecule has 0 aromatic carbocycles. The topological polar surface area (TPSA) is 139 Å². The van der Waals surface area contributed by atoms with Crippen LogP contribution in [-0.2, 0) is 4.74 Å². The zero-order valence-corrected chi connectivity index (χ0v) is 7.13. The number of azide groups is 1. The van der Waals surface area contributed by atoms with Crippen molar-refractivity contribution in [2.24, 2.45) is 5.11 Å². The van der Waals surface area contributed by atoms with Gasteiger partial charge in [-0.15, -0.1) is 0 Å². The predicted octanol–water partition coefficient (Wildman–Crippen LogP) is -1.90. The standard InChI is InChI=1S/C6H11N3O5/c7-9-8-3-4(11)2(1-10)14-6(13)5(3)12/h2-6,10-13H,1H2/t2-,3+,4-,5+,6+/m1/s1. The van der Waals surface area contributed by atoms with Gasteiger partial charge in [0, 0.05) is 4.91 Å². The number of aliphatic hydroxyl groups excluding tert-OH is 4. The summed E-state index contributed by atoms with van der Waals surface area (Å²) in [6, 6.07) is -1.22. The molecule has 0 saturated carbocycles. The van der Waals surface area contributed by atoms with E-state index in [0.29, 0.717) is 0 Å². The minimum atomic E-state index is -1.58. The molecule has 14 heavy (non-hydrogen) atoms. The molecule has 80 valence electrons. The van der Waals surface area contributed by atoms with Crippen LogP contribution in [0, 0.1) is 0 Å². The molecule has 0 aliphatic carbocycles. The summed E-state index contributed by atoms with van der Waals surface area (Å²) < 4.78 is 4.66. The highest BCUT2D eigenvalue weighted by molar-refractivity contribution is 4.93. The average molecular weight is 205 g/mol. The molecule has 0 bridgehead atoms. The van der Waals surface area contributed by atoms with Crippen LogP contribution in [-0.4, -0.2) is 57.7 Å². The molecule has 8 nitrogen and oxygen atoms in total. The molecule has 5 atom stereocenters. The van der Waals surface area contributed by atoms with Gasteiger partial charge < -0.3 is 25.2 Å². The monoisotopic (exact) mass is 205 g/mol. The normalized spacial score (nSPS) is 43.0. The maximum atomic E-state index is 9.43. The Kier molecular flexibility index (Phi) is 3.64. The van der Waals surface area contributed by atoms with E-state index in [0.717, 1.165) is 0 Å². The molecule has 8 heteroatoms. The first-order valence-electron chi connectivity index (χ1n) is 3.96. The van der Waals surface area contributed by atoms with Gasteiger partial charge in [0.25, 0.3) is 0 Å². The van der Waals surface area contributed by atoms with E-state index >= 15 is 0 Å². The molecule has 1 heterocycles. The van der Waals surface area contributed by atoms with E-state index in [4.69, 9.17) is 15.7 Å². The number of ether oxygens (including phenoxy) is 1. The van der Waals surface area contributed by atoms with E-state index in [-0.39, 0.29) is 0 Å². The van der Waals surface area contributed by atoms with Crippen molar-refractivity contribution in [1.82, 2.24) is 0 Å². The highest BCUT2D eigenvalue weighted by Gasteiger charge is 2.43. The third-order valence-electron chi connectivity index (χ3n) is 2.05. The predicted molar refractivity (Wildman–Crippen MR) is 42.9 cm³/mol. The summed E-state index contributed by atoms with van der Waals surface area (Å²) in [6.45, 7) is -0.539. The molecule has 0 amide bonds. The molecule has 0 unspecified atom stereocenters. The molecular weight excluding hydrogens is 194 g/mol. The van der Waals surface area contributed by atoms with E-state index in [9.17, 15) is 10.2 Å². The van der Waals surface area contributed by atoms with Gasteiger partial charge in [-0.1, -0.05) is 5.11 Å². The maximum absolute atomic E-state index is 9.43. The van der Waals surface area contributed by atoms with E-state index < -0.39 is 37.3 Å². The van der Waals surface area contributed by atoms with Crippen LogP contribution in [0.15, 0.2) is 5.11 Å². The van der Waals surface area contributed by atoms with Gasteiger partial charge in [0.05, 0.1) is 18.8 Å². The van der Waals surface area contributed by atoms with Crippen molar-refractivity contribution < 1.29 is 25.2 Å². The van der Waals surface area contributed by atoms with Crippen LogP contribution in [0.2, 0.25) is 0 Å². The van der Waals surface area contributed by atoms with Crippen LogP contribution in [0.4, 0.5) is 0 Å². The zero-order valence-electron chi connectivity index (χ0n) is 7.13. The summed E-state index contributed by atoms with van der Waals surface area (Å²) in [5.41, 5.74) is 8.15. The lowest BCUT2D eigenvalue weighted by Gasteiger charge is -2.37. The Bertz CT molecular complexity index is 244. The van der Waals surface area contributed by atoms with Gasteiger partial charge >= 0.3 is 0 Å². The van der Waals surface area contributed by atoms with E-state index in [1.165, 1.54) is 0 Å². The molecular formula is C6H11N3O5. The Morgan fingerprint density at radius 2 is 1.93 bits per heavy atom. The van der Waals surface area contributed by atoms with E-state index in [1.54, 1.807) is 0 Å². The van der Waals surface area contributed by atoms with Gasteiger partial charge in [-0.05, 0) is 5.53 Å². The van der Waals surface area contributed by atoms with Crippen molar-refractivity contribution in [3.8, 4) is 0 Å². The highest BCUT2D eigenvalue weighted by Crippen LogP contribution is 2.22. The third kappa shape index (κ3) is 1.95. The first-order chi connectivity index (χ1) is 6.61. The van der Waals surface area contributed by atoms with Crippen molar-refractivity contribution in [3.63, 3.8) is 0 Å². The summed E-state index contributed by atoms with van der Waals surface area (Å²) in [5.74, 6) is 0. The van der Waals surface area contributed by atoms with Crippen molar-refractivity contribution in [3.05, 3.63) is 10.4 Å². The summed E-state index contributed by atoms with van der Waals surface area (Å²) in [4.78, 5) is 2.42. The molecule has 0 radical (unpaired) electrons. The maximum Gasteiger partial charge on any atom is 0.181 e. The number of nitrogens with zero attached hydrogens (tertiary/aromatic N) is 3. The SMILES string of the molecule is [N-]=[N+]=N[C@@H]1[C@H](O)[C@@H](O)O[C@H](CO)[C@H]1O. The molecule has 1 rings (SSSR count). The van der Waals surface area contributed by atoms with E-state index in [1.807, 2.05) is 0 Å². The number of hydrogen-bond acceptors (Lipinski definition) is 6. The van der Waals surface area contributed by atoms with Crippen molar-refractivity contribution in [2.45, 2.75) is 30.6 Å². The number of hydrogen-bond donors (Lipinski definition) is 4. The lowest BCUT2D eigenvalue weighted by atomic mass is 9.97. The first-order valence-corrected chi connectivity index (χ1v) is 3.96. The van der Waals surface area contributed by atoms with Crippen LogP contribution in [0.25, 0.3) is 10.4 Å². The number of rotatable bonds is 2. The second-order valence-corrected chi connectivity index (χ2v) is 2.92. The van der Waals surface area contributed by atoms with E-state index in [2.05, 4.69) is 14.8 Å². The van der Waals surface area contributed by atoms with Gasteiger partial charge in [-0.25, -0.2) is 0 Å². The summed E-state index contributed by atoms with van der Waals surface area (Å²) in [6.07, 6.45) is -5.48. The van der Waals surface area contributed by atoms with Crippen LogP contribution in [0.3, 0.4) is 0 Å². The lowest BCUT2D eigenvalue weighted by molar-refractivity contribution is -0.258. The highest BCUT2D eigenvalue weighted by atomic mass is 16.6. The molecule has 1 saturated heterocycles. The second-order valence-electron chi connectivity index (χ2n) is 2.92. The molecule has 1 aliphatic rings. The molecule has 1 aliphatic heterocycles. The van der Waals surface area contributed by atoms with Crippen LogP contribution >= 0.6 is 0 Å². The number of aliphatic hydroxyl groups is 4. The average Bonchev–Trinajstić information content (AvgIpc) is 2.18. The zero-order chi connectivity index (χ0) is 10.7. The fraction of sp³-hybridized carbons (Fsp3) is 1.00. The van der Waals surface area contributed by atoms with Gasteiger partial charge in [0.2, 0.25) is 0 Å². The molecule has 0 aromatic rings. The van der Waals surface area contributed by atoms with Crippen LogP contribution in [0.1, 0.15) is 0 Å². The van der Waals surface area contributed by atoms with Gasteiger partial charge in [-0.3, -0.25) is 0 Å². The Morgan fingerprint density at radius 1 is 1.29 bits per heavy atom. The molecule has 1 fully saturated rings. The van der Waals surface area contributed by atoms with Gasteiger partial charge in [-0.2, -0.15) is 0 Å². The van der Waals surface area contributed by atoms with Gasteiger partial charge in [0.15, 0.2) is 6.29 Å². The first kappa shape index (κ1) is 11.2. The second kappa shape index (κ2) is 4.56. The lowest BCUT2D eigenvalue weighted by Crippen LogP contribution is -2.57. The minimum Gasteiger partial charge on any atom is -0.394 e. The minimum absolute atomic E-state index is 0.539. The fourth-order valence-corrected chi connectivity index (χ4v) is 1.28. The third-order valence-corrected chi connectivity index (χ3v) is 2.05.